The Kier molecular flexibility index (Phi) is 19.3. The van der Waals surface area contributed by atoms with E-state index in [-0.39, 0.29) is 0 Å². The van der Waals surface area contributed by atoms with Crippen LogP contribution >= 0.6 is 0 Å². The van der Waals surface area contributed by atoms with Crippen molar-refractivity contribution >= 4 is 0 Å². The van der Waals surface area contributed by atoms with Gasteiger partial charge in [0.1, 0.15) is 0 Å². The molecule has 0 aromatic carbocycles. The van der Waals surface area contributed by atoms with Gasteiger partial charge in [-0.25, -0.2) is 0 Å². The largest absolute Gasteiger partial charge is 0.0917 e. The van der Waals surface area contributed by atoms with Crippen molar-refractivity contribution in [1.29, 1.82) is 0 Å². The van der Waals surface area contributed by atoms with Crippen molar-refractivity contribution in [2.45, 2.75) is 40.5 Å². The molecule has 0 fully saturated rings. The highest BCUT2D eigenvalue weighted by Gasteiger charge is 1.52. The van der Waals surface area contributed by atoms with Gasteiger partial charge in [0.2, 0.25) is 0 Å². The second-order valence-corrected chi connectivity index (χ2v) is 1.95. The number of allylic oxidation sites excluding steroid dienone is 4. The normalized spacial score (nSPS) is 10.0. The minimum Gasteiger partial charge on any atom is -0.0917 e. The fraction of sp³-hybridized carbons (Fsp3) is 0.600. The number of hydrogen-bond acceptors (Lipinski definition) is 0. The lowest BCUT2D eigenvalue weighted by molar-refractivity contribution is 1.22. The smallest absolute Gasteiger partial charge is 0.0379 e. The van der Waals surface area contributed by atoms with Crippen LogP contribution in [0, 0.1) is 0 Å². The predicted molar refractivity (Wildman–Crippen MR) is 50.2 cm³/mol. The summed E-state index contributed by atoms with van der Waals surface area (Å²) in [6.07, 6.45) is 10.7. The molecule has 10 heavy (non-hydrogen) atoms. The Labute approximate surface area is 65.7 Å². The maximum absolute atomic E-state index is 2.12. The van der Waals surface area contributed by atoms with Crippen LogP contribution in [0.4, 0.5) is 0 Å². The Bertz CT molecular complexity index is 66.0. The molecule has 0 nitrogen and oxygen atoms in total. The van der Waals surface area contributed by atoms with Crippen molar-refractivity contribution in [2.24, 2.45) is 0 Å². The molecule has 0 N–H and O–H groups in total. The van der Waals surface area contributed by atoms with E-state index in [1.807, 2.05) is 13.8 Å². The SMILES string of the molecule is C/C=C/CC.C/C=C\CC. The van der Waals surface area contributed by atoms with E-state index >= 15 is 0 Å². The van der Waals surface area contributed by atoms with Crippen LogP contribution in [0.15, 0.2) is 24.3 Å². The molecule has 0 aliphatic heterocycles. The van der Waals surface area contributed by atoms with E-state index in [9.17, 15) is 0 Å². The fourth-order valence-corrected chi connectivity index (χ4v) is 0.471. The molecule has 0 unspecified atom stereocenters. The van der Waals surface area contributed by atoms with E-state index < -0.39 is 0 Å². The van der Waals surface area contributed by atoms with Crippen molar-refractivity contribution in [3.63, 3.8) is 0 Å². The van der Waals surface area contributed by atoms with Gasteiger partial charge in [-0.2, -0.15) is 0 Å². The summed E-state index contributed by atoms with van der Waals surface area (Å²) in [6.45, 7) is 8.31. The van der Waals surface area contributed by atoms with Crippen molar-refractivity contribution in [3.05, 3.63) is 24.3 Å². The van der Waals surface area contributed by atoms with Gasteiger partial charge in [-0.15, -0.1) is 0 Å². The molecule has 0 aliphatic rings. The average molecular weight is 140 g/mol. The second-order valence-electron chi connectivity index (χ2n) is 1.95. The van der Waals surface area contributed by atoms with Crippen LogP contribution in [0.2, 0.25) is 0 Å². The average Bonchev–Trinajstić information content (AvgIpc) is 1.93. The summed E-state index contributed by atoms with van der Waals surface area (Å²) in [5.74, 6) is 0. The van der Waals surface area contributed by atoms with Gasteiger partial charge in [0, 0.05) is 0 Å². The van der Waals surface area contributed by atoms with Crippen LogP contribution < -0.4 is 0 Å². The Morgan fingerprint density at radius 1 is 0.800 bits per heavy atom. The summed E-state index contributed by atoms with van der Waals surface area (Å²) in [5, 5.41) is 0. The monoisotopic (exact) mass is 140 g/mol. The third-order valence-corrected chi connectivity index (χ3v) is 0.943. The second kappa shape index (κ2) is 15.8. The maximum Gasteiger partial charge on any atom is -0.0379 e. The highest BCUT2D eigenvalue weighted by Crippen LogP contribution is 1.74. The summed E-state index contributed by atoms with van der Waals surface area (Å²) in [6, 6.07) is 0. The van der Waals surface area contributed by atoms with Crippen LogP contribution in [-0.4, -0.2) is 0 Å². The number of hydrogen-bond donors (Lipinski definition) is 0. The van der Waals surface area contributed by atoms with E-state index in [4.69, 9.17) is 0 Å². The van der Waals surface area contributed by atoms with Crippen molar-refractivity contribution in [1.82, 2.24) is 0 Å². The van der Waals surface area contributed by atoms with Gasteiger partial charge in [0.05, 0.1) is 0 Å². The Morgan fingerprint density at radius 3 is 1.10 bits per heavy atom. The van der Waals surface area contributed by atoms with Gasteiger partial charge in [-0.3, -0.25) is 0 Å². The molecular weight excluding hydrogens is 120 g/mol. The zero-order valence-corrected chi connectivity index (χ0v) is 7.72. The van der Waals surface area contributed by atoms with Crippen molar-refractivity contribution in [3.8, 4) is 0 Å². The lowest BCUT2D eigenvalue weighted by Crippen LogP contribution is -1.43. The molecular formula is C10H20. The third kappa shape index (κ3) is 25.9. The molecule has 0 radical (unpaired) electrons. The molecule has 0 aromatic heterocycles. The molecule has 0 heteroatoms. The lowest BCUT2D eigenvalue weighted by atomic mass is 10.4. The van der Waals surface area contributed by atoms with E-state index in [1.165, 1.54) is 0 Å². The summed E-state index contributed by atoms with van der Waals surface area (Å²) in [7, 11) is 0. The highest BCUT2D eigenvalue weighted by atomic mass is 13.6. The quantitative estimate of drug-likeness (QED) is 0.509. The zero-order valence-electron chi connectivity index (χ0n) is 7.72. The molecule has 0 spiro atoms. The molecule has 0 saturated heterocycles. The highest BCUT2D eigenvalue weighted by molar-refractivity contribution is 4.73. The van der Waals surface area contributed by atoms with Gasteiger partial charge in [-0.05, 0) is 26.7 Å². The summed E-state index contributed by atoms with van der Waals surface area (Å²) >= 11 is 0. The first-order valence-electron chi connectivity index (χ1n) is 4.05. The first-order valence-corrected chi connectivity index (χ1v) is 4.05. The van der Waals surface area contributed by atoms with Crippen LogP contribution in [0.1, 0.15) is 40.5 Å². The maximum atomic E-state index is 2.12. The first-order chi connectivity index (χ1) is 4.83. The van der Waals surface area contributed by atoms with Crippen LogP contribution in [0.3, 0.4) is 0 Å². The Balaban J connectivity index is 0. The molecule has 0 amide bonds. The Morgan fingerprint density at radius 2 is 1.10 bits per heavy atom. The van der Waals surface area contributed by atoms with Crippen LogP contribution in [-0.2, 0) is 0 Å². The van der Waals surface area contributed by atoms with E-state index in [1.54, 1.807) is 0 Å². The van der Waals surface area contributed by atoms with Crippen LogP contribution in [0.25, 0.3) is 0 Å². The van der Waals surface area contributed by atoms with E-state index in [0.29, 0.717) is 0 Å². The molecule has 0 saturated carbocycles. The molecule has 60 valence electrons. The van der Waals surface area contributed by atoms with Crippen molar-refractivity contribution in [2.75, 3.05) is 0 Å². The molecule has 0 aromatic rings. The van der Waals surface area contributed by atoms with Crippen LogP contribution in [0.5, 0.6) is 0 Å². The number of rotatable bonds is 2. The first kappa shape index (κ1) is 12.2. The van der Waals surface area contributed by atoms with E-state index in [0.717, 1.165) is 12.8 Å². The third-order valence-electron chi connectivity index (χ3n) is 0.943. The van der Waals surface area contributed by atoms with Gasteiger partial charge in [-0.1, -0.05) is 38.2 Å². The molecule has 0 bridgehead atoms. The zero-order chi connectivity index (χ0) is 8.24. The standard InChI is InChI=1S/2C5H10/c2*1-3-5-4-2/h2*3,5H,4H2,1-2H3/b5-3+;5-3-. The Hall–Kier alpha value is -0.520. The summed E-state index contributed by atoms with van der Waals surface area (Å²) < 4.78 is 0. The van der Waals surface area contributed by atoms with Gasteiger partial charge < -0.3 is 0 Å². The summed E-state index contributed by atoms with van der Waals surface area (Å²) in [5.41, 5.74) is 0. The molecule has 0 rings (SSSR count). The fourth-order valence-electron chi connectivity index (χ4n) is 0.471. The minimum absolute atomic E-state index is 1.16. The minimum atomic E-state index is 1.16. The lowest BCUT2D eigenvalue weighted by Gasteiger charge is -1.65. The van der Waals surface area contributed by atoms with Crippen molar-refractivity contribution < 1.29 is 0 Å². The van der Waals surface area contributed by atoms with Gasteiger partial charge in [0.15, 0.2) is 0 Å². The van der Waals surface area contributed by atoms with E-state index in [2.05, 4.69) is 38.2 Å². The summed E-state index contributed by atoms with van der Waals surface area (Å²) in [4.78, 5) is 0. The van der Waals surface area contributed by atoms with Gasteiger partial charge >= 0.3 is 0 Å². The molecule has 0 heterocycles. The molecule has 0 aliphatic carbocycles. The predicted octanol–water partition coefficient (Wildman–Crippen LogP) is 3.95. The molecule has 0 atom stereocenters. The topological polar surface area (TPSA) is 0 Å². The van der Waals surface area contributed by atoms with Gasteiger partial charge in [0.25, 0.3) is 0 Å².